The lowest BCUT2D eigenvalue weighted by Gasteiger charge is -2.06. The normalized spacial score (nSPS) is 9.62. The molecule has 0 atom stereocenters. The first-order valence-corrected chi connectivity index (χ1v) is 4.68. The Hall–Kier alpha value is -0.980. The van der Waals surface area contributed by atoms with Gasteiger partial charge in [-0.15, -0.1) is 0 Å². The summed E-state index contributed by atoms with van der Waals surface area (Å²) >= 11 is 2.10. The van der Waals surface area contributed by atoms with Gasteiger partial charge in [-0.05, 0) is 40.8 Å². The van der Waals surface area contributed by atoms with Crippen molar-refractivity contribution in [2.24, 2.45) is 0 Å². The first-order chi connectivity index (χ1) is 6.09. The zero-order chi connectivity index (χ0) is 9.84. The molecule has 0 saturated carbocycles. The van der Waals surface area contributed by atoms with E-state index in [1.165, 1.54) is 0 Å². The smallest absolute Gasteiger partial charge is 0.322 e. The average Bonchev–Trinajstić information content (AvgIpc) is 2.02. The highest BCUT2D eigenvalue weighted by molar-refractivity contribution is 14.1. The molecule has 70 valence electrons. The van der Waals surface area contributed by atoms with Gasteiger partial charge in [0.05, 0.1) is 0 Å². The number of carbonyl (C=O) groups is 1. The average molecular weight is 292 g/mol. The largest absolute Gasteiger partial charge is 0.480 e. The number of aliphatic carboxylic acids is 1. The first kappa shape index (κ1) is 10.1. The monoisotopic (exact) mass is 292 g/mol. The Labute approximate surface area is 89.3 Å². The predicted octanol–water partition coefficient (Wildman–Crippen LogP) is 1.37. The third-order valence-electron chi connectivity index (χ3n) is 1.42. The Morgan fingerprint density at radius 3 is 2.85 bits per heavy atom. The van der Waals surface area contributed by atoms with Crippen molar-refractivity contribution < 1.29 is 9.90 Å². The van der Waals surface area contributed by atoms with Gasteiger partial charge in [-0.25, -0.2) is 0 Å². The first-order valence-electron chi connectivity index (χ1n) is 3.60. The summed E-state index contributed by atoms with van der Waals surface area (Å²) in [5.74, 6) is -0.882. The van der Waals surface area contributed by atoms with Crippen molar-refractivity contribution in [2.75, 3.05) is 17.6 Å². The Bertz CT molecular complexity index is 328. The van der Waals surface area contributed by atoms with Crippen LogP contribution >= 0.6 is 22.6 Å². The second-order valence-electron chi connectivity index (χ2n) is 2.49. The number of halogens is 1. The summed E-state index contributed by atoms with van der Waals surface area (Å²) in [5.41, 5.74) is 7.00. The summed E-state index contributed by atoms with van der Waals surface area (Å²) in [6.45, 7) is -0.0834. The van der Waals surface area contributed by atoms with Gasteiger partial charge in [0.15, 0.2) is 0 Å². The van der Waals surface area contributed by atoms with E-state index in [2.05, 4.69) is 27.9 Å². The molecule has 0 aromatic heterocycles. The van der Waals surface area contributed by atoms with Crippen molar-refractivity contribution in [2.45, 2.75) is 0 Å². The molecule has 13 heavy (non-hydrogen) atoms. The van der Waals surface area contributed by atoms with Crippen molar-refractivity contribution in [1.82, 2.24) is 0 Å². The molecule has 1 aromatic rings. The molecule has 5 heteroatoms. The van der Waals surface area contributed by atoms with E-state index in [4.69, 9.17) is 10.8 Å². The fraction of sp³-hybridized carbons (Fsp3) is 0.125. The van der Waals surface area contributed by atoms with Crippen LogP contribution in [0.1, 0.15) is 0 Å². The molecule has 0 bridgehead atoms. The quantitative estimate of drug-likeness (QED) is 0.581. The van der Waals surface area contributed by atoms with E-state index < -0.39 is 5.97 Å². The summed E-state index contributed by atoms with van der Waals surface area (Å²) < 4.78 is 0.916. The molecule has 0 aliphatic heterocycles. The minimum Gasteiger partial charge on any atom is -0.480 e. The predicted molar refractivity (Wildman–Crippen MR) is 59.7 cm³/mol. The van der Waals surface area contributed by atoms with Crippen molar-refractivity contribution in [3.8, 4) is 0 Å². The highest BCUT2D eigenvalue weighted by atomic mass is 127. The van der Waals surface area contributed by atoms with E-state index in [0.29, 0.717) is 5.69 Å². The van der Waals surface area contributed by atoms with Crippen LogP contribution in [0.15, 0.2) is 18.2 Å². The molecule has 0 aliphatic carbocycles. The number of hydrogen-bond acceptors (Lipinski definition) is 3. The van der Waals surface area contributed by atoms with Crippen molar-refractivity contribution in [3.63, 3.8) is 0 Å². The Balaban J connectivity index is 2.72. The second-order valence-corrected chi connectivity index (χ2v) is 3.65. The molecule has 0 radical (unpaired) electrons. The van der Waals surface area contributed by atoms with Gasteiger partial charge in [0, 0.05) is 14.9 Å². The molecule has 0 fully saturated rings. The molecular formula is C8H9IN2O2. The fourth-order valence-electron chi connectivity index (χ4n) is 0.846. The molecule has 0 heterocycles. The van der Waals surface area contributed by atoms with Gasteiger partial charge in [-0.2, -0.15) is 0 Å². The number of nitrogen functional groups attached to an aromatic ring is 1. The van der Waals surface area contributed by atoms with E-state index >= 15 is 0 Å². The van der Waals surface area contributed by atoms with Crippen LogP contribution in [0.3, 0.4) is 0 Å². The number of carboxylic acids is 1. The van der Waals surface area contributed by atoms with Crippen LogP contribution in [-0.2, 0) is 4.79 Å². The molecule has 1 aromatic carbocycles. The van der Waals surface area contributed by atoms with Gasteiger partial charge in [0.1, 0.15) is 6.54 Å². The van der Waals surface area contributed by atoms with Gasteiger partial charge in [0.25, 0.3) is 0 Å². The molecule has 0 aliphatic rings. The van der Waals surface area contributed by atoms with Crippen molar-refractivity contribution in [3.05, 3.63) is 21.8 Å². The van der Waals surface area contributed by atoms with E-state index in [0.717, 1.165) is 9.26 Å². The van der Waals surface area contributed by atoms with Gasteiger partial charge in [0.2, 0.25) is 0 Å². The maximum absolute atomic E-state index is 10.3. The number of nitrogens with two attached hydrogens (primary N) is 1. The summed E-state index contributed by atoms with van der Waals surface area (Å²) in [6, 6.07) is 5.27. The summed E-state index contributed by atoms with van der Waals surface area (Å²) in [6.07, 6.45) is 0. The lowest BCUT2D eigenvalue weighted by molar-refractivity contribution is -0.134. The fourth-order valence-corrected chi connectivity index (χ4v) is 1.58. The van der Waals surface area contributed by atoms with Crippen molar-refractivity contribution in [1.29, 1.82) is 0 Å². The third-order valence-corrected chi connectivity index (χ3v) is 2.32. The molecular weight excluding hydrogens is 283 g/mol. The molecule has 0 unspecified atom stereocenters. The molecule has 1 rings (SSSR count). The van der Waals surface area contributed by atoms with Crippen LogP contribution in [0.4, 0.5) is 11.4 Å². The van der Waals surface area contributed by atoms with Gasteiger partial charge in [-0.3, -0.25) is 4.79 Å². The van der Waals surface area contributed by atoms with E-state index in [9.17, 15) is 4.79 Å². The van der Waals surface area contributed by atoms with Crippen LogP contribution in [-0.4, -0.2) is 17.6 Å². The maximum Gasteiger partial charge on any atom is 0.322 e. The number of rotatable bonds is 3. The number of hydrogen-bond donors (Lipinski definition) is 3. The highest BCUT2D eigenvalue weighted by Gasteiger charge is 2.01. The summed E-state index contributed by atoms with van der Waals surface area (Å²) in [7, 11) is 0. The number of benzene rings is 1. The van der Waals surface area contributed by atoms with Crippen molar-refractivity contribution >= 4 is 39.9 Å². The Morgan fingerprint density at radius 1 is 1.62 bits per heavy atom. The van der Waals surface area contributed by atoms with Crippen LogP contribution in [0.25, 0.3) is 0 Å². The van der Waals surface area contributed by atoms with Gasteiger partial charge >= 0.3 is 5.97 Å². The van der Waals surface area contributed by atoms with Crippen LogP contribution < -0.4 is 11.1 Å². The number of nitrogens with one attached hydrogen (secondary N) is 1. The SMILES string of the molecule is Nc1ccc(NCC(=O)O)c(I)c1. The molecule has 0 saturated heterocycles. The molecule has 4 N–H and O–H groups in total. The zero-order valence-electron chi connectivity index (χ0n) is 6.75. The van der Waals surface area contributed by atoms with Gasteiger partial charge in [-0.1, -0.05) is 0 Å². The van der Waals surface area contributed by atoms with E-state index in [-0.39, 0.29) is 6.54 Å². The highest BCUT2D eigenvalue weighted by Crippen LogP contribution is 2.20. The Morgan fingerprint density at radius 2 is 2.31 bits per heavy atom. The minimum absolute atomic E-state index is 0.0834. The van der Waals surface area contributed by atoms with Crippen LogP contribution in [0.5, 0.6) is 0 Å². The molecule has 4 nitrogen and oxygen atoms in total. The van der Waals surface area contributed by atoms with E-state index in [1.54, 1.807) is 18.2 Å². The van der Waals surface area contributed by atoms with E-state index in [1.807, 2.05) is 0 Å². The van der Waals surface area contributed by atoms with Gasteiger partial charge < -0.3 is 16.2 Å². The topological polar surface area (TPSA) is 75.3 Å². The zero-order valence-corrected chi connectivity index (χ0v) is 8.91. The lowest BCUT2D eigenvalue weighted by Crippen LogP contribution is -2.13. The Kier molecular flexibility index (Phi) is 3.35. The van der Waals surface area contributed by atoms with Crippen LogP contribution in [0.2, 0.25) is 0 Å². The number of anilines is 2. The molecule has 0 spiro atoms. The minimum atomic E-state index is -0.882. The molecule has 0 amide bonds. The lowest BCUT2D eigenvalue weighted by atomic mass is 10.3. The third kappa shape index (κ3) is 3.10. The van der Waals surface area contributed by atoms with Crippen LogP contribution in [0, 0.1) is 3.57 Å². The number of carboxylic acid groups (broad SMARTS) is 1. The second kappa shape index (κ2) is 4.31. The maximum atomic E-state index is 10.3. The summed E-state index contributed by atoms with van der Waals surface area (Å²) in [5, 5.41) is 11.2. The summed E-state index contributed by atoms with van der Waals surface area (Å²) in [4.78, 5) is 10.3. The standard InChI is InChI=1S/C8H9IN2O2/c9-6-3-5(10)1-2-7(6)11-4-8(12)13/h1-3,11H,4,10H2,(H,12,13).